The summed E-state index contributed by atoms with van der Waals surface area (Å²) in [6.45, 7) is 2.67. The van der Waals surface area contributed by atoms with Gasteiger partial charge in [-0.1, -0.05) is 31.0 Å². The predicted molar refractivity (Wildman–Crippen MR) is 82.1 cm³/mol. The van der Waals surface area contributed by atoms with Crippen LogP contribution in [-0.2, 0) is 0 Å². The number of methoxy groups -OCH3 is 1. The first-order chi connectivity index (χ1) is 9.57. The largest absolute Gasteiger partial charge is 0.496 e. The third kappa shape index (κ3) is 2.67. The lowest BCUT2D eigenvalue weighted by Gasteiger charge is -2.34. The van der Waals surface area contributed by atoms with Gasteiger partial charge in [0.05, 0.1) is 18.2 Å². The summed E-state index contributed by atoms with van der Waals surface area (Å²) < 4.78 is 5.36. The van der Waals surface area contributed by atoms with Crippen LogP contribution in [0.15, 0.2) is 18.2 Å². The normalized spacial score (nSPS) is 27.6. The van der Waals surface area contributed by atoms with Crippen molar-refractivity contribution in [2.75, 3.05) is 13.7 Å². The average molecular weight is 298 g/mol. The number of hydrogen-bond acceptors (Lipinski definition) is 3. The fourth-order valence-corrected chi connectivity index (χ4v) is 3.70. The van der Waals surface area contributed by atoms with Crippen molar-refractivity contribution < 1.29 is 9.84 Å². The number of nitrogens with two attached hydrogens (primary N) is 1. The number of aliphatic hydroxyl groups is 1. The molecule has 2 rings (SSSR count). The first kappa shape index (κ1) is 15.6. The molecule has 20 heavy (non-hydrogen) atoms. The number of ether oxygens (including phenoxy) is 1. The summed E-state index contributed by atoms with van der Waals surface area (Å²) in [5.41, 5.74) is 6.42. The molecule has 3 atom stereocenters. The van der Waals surface area contributed by atoms with Gasteiger partial charge in [-0.2, -0.15) is 0 Å². The Morgan fingerprint density at radius 3 is 2.85 bits per heavy atom. The second kappa shape index (κ2) is 6.33. The molecule has 0 aliphatic heterocycles. The van der Waals surface area contributed by atoms with E-state index in [-0.39, 0.29) is 5.41 Å². The van der Waals surface area contributed by atoms with Crippen LogP contribution in [0.1, 0.15) is 44.3 Å². The lowest BCUT2D eigenvalue weighted by molar-refractivity contribution is 0.0284. The Morgan fingerprint density at radius 1 is 1.55 bits per heavy atom. The SMILES string of the molecule is CCC1CCC(CN)(C(O)c2c(Cl)cccc2OC)C1. The third-order valence-corrected chi connectivity index (χ3v) is 5.15. The maximum atomic E-state index is 10.9. The van der Waals surface area contributed by atoms with E-state index in [0.717, 1.165) is 25.7 Å². The van der Waals surface area contributed by atoms with Gasteiger partial charge in [0.25, 0.3) is 0 Å². The summed E-state index contributed by atoms with van der Waals surface area (Å²) in [4.78, 5) is 0. The van der Waals surface area contributed by atoms with E-state index in [1.807, 2.05) is 12.1 Å². The summed E-state index contributed by atoms with van der Waals surface area (Å²) in [6, 6.07) is 5.45. The van der Waals surface area contributed by atoms with Gasteiger partial charge in [0.2, 0.25) is 0 Å². The summed E-state index contributed by atoms with van der Waals surface area (Å²) in [5.74, 6) is 1.28. The minimum atomic E-state index is -0.673. The van der Waals surface area contributed by atoms with Gasteiger partial charge in [0, 0.05) is 17.5 Å². The number of halogens is 1. The van der Waals surface area contributed by atoms with E-state index in [9.17, 15) is 5.11 Å². The van der Waals surface area contributed by atoms with Crippen molar-refractivity contribution in [3.8, 4) is 5.75 Å². The molecule has 0 radical (unpaired) electrons. The van der Waals surface area contributed by atoms with Crippen LogP contribution in [0.4, 0.5) is 0 Å². The van der Waals surface area contributed by atoms with E-state index in [0.29, 0.717) is 28.8 Å². The molecule has 0 aromatic heterocycles. The van der Waals surface area contributed by atoms with Crippen LogP contribution in [0, 0.1) is 11.3 Å². The highest BCUT2D eigenvalue weighted by molar-refractivity contribution is 6.31. The monoisotopic (exact) mass is 297 g/mol. The summed E-state index contributed by atoms with van der Waals surface area (Å²) >= 11 is 6.29. The van der Waals surface area contributed by atoms with Crippen LogP contribution >= 0.6 is 11.6 Å². The van der Waals surface area contributed by atoms with Gasteiger partial charge in [-0.3, -0.25) is 0 Å². The Bertz CT molecular complexity index is 466. The number of aliphatic hydroxyl groups excluding tert-OH is 1. The molecular formula is C16H24ClNO2. The molecule has 0 spiro atoms. The molecule has 0 heterocycles. The van der Waals surface area contributed by atoms with Gasteiger partial charge < -0.3 is 15.6 Å². The lowest BCUT2D eigenvalue weighted by atomic mass is 9.76. The Hall–Kier alpha value is -0.770. The molecular weight excluding hydrogens is 274 g/mol. The molecule has 0 amide bonds. The topological polar surface area (TPSA) is 55.5 Å². The summed E-state index contributed by atoms with van der Waals surface area (Å²) in [6.07, 6.45) is 3.48. The Kier molecular flexibility index (Phi) is 4.95. The first-order valence-corrected chi connectivity index (χ1v) is 7.66. The van der Waals surface area contributed by atoms with Gasteiger partial charge >= 0.3 is 0 Å². The average Bonchev–Trinajstić information content (AvgIpc) is 2.91. The lowest BCUT2D eigenvalue weighted by Crippen LogP contribution is -2.35. The van der Waals surface area contributed by atoms with Crippen LogP contribution in [0.5, 0.6) is 5.75 Å². The number of benzene rings is 1. The zero-order valence-corrected chi connectivity index (χ0v) is 13.0. The molecule has 1 fully saturated rings. The molecule has 3 N–H and O–H groups in total. The van der Waals surface area contributed by atoms with Crippen molar-refractivity contribution in [1.82, 2.24) is 0 Å². The molecule has 1 aliphatic rings. The molecule has 0 bridgehead atoms. The smallest absolute Gasteiger partial charge is 0.126 e. The van der Waals surface area contributed by atoms with E-state index in [1.165, 1.54) is 0 Å². The Labute approximate surface area is 126 Å². The van der Waals surface area contributed by atoms with Crippen molar-refractivity contribution >= 4 is 11.6 Å². The molecule has 1 aromatic carbocycles. The van der Waals surface area contributed by atoms with E-state index >= 15 is 0 Å². The zero-order valence-electron chi connectivity index (χ0n) is 12.2. The molecule has 1 saturated carbocycles. The van der Waals surface area contributed by atoms with Crippen molar-refractivity contribution in [3.05, 3.63) is 28.8 Å². The highest BCUT2D eigenvalue weighted by atomic mass is 35.5. The molecule has 3 nitrogen and oxygen atoms in total. The maximum Gasteiger partial charge on any atom is 0.126 e. The minimum Gasteiger partial charge on any atom is -0.496 e. The standard InChI is InChI=1S/C16H24ClNO2/c1-3-11-7-8-16(9-11,10-18)15(19)14-12(17)5-4-6-13(14)20-2/h4-6,11,15,19H,3,7-10,18H2,1-2H3. The predicted octanol–water partition coefficient (Wildman–Crippen LogP) is 3.54. The van der Waals surface area contributed by atoms with Gasteiger partial charge in [-0.25, -0.2) is 0 Å². The number of rotatable bonds is 5. The fourth-order valence-electron chi connectivity index (χ4n) is 3.43. The second-order valence-corrected chi connectivity index (χ2v) is 6.25. The van der Waals surface area contributed by atoms with Gasteiger partial charge in [-0.15, -0.1) is 0 Å². The van der Waals surface area contributed by atoms with Crippen molar-refractivity contribution in [1.29, 1.82) is 0 Å². The van der Waals surface area contributed by atoms with Crippen LogP contribution in [0.2, 0.25) is 5.02 Å². The highest BCUT2D eigenvalue weighted by Gasteiger charge is 2.45. The zero-order chi connectivity index (χ0) is 14.8. The van der Waals surface area contributed by atoms with Gasteiger partial charge in [0.1, 0.15) is 5.75 Å². The molecule has 4 heteroatoms. The molecule has 1 aliphatic carbocycles. The van der Waals surface area contributed by atoms with Gasteiger partial charge in [-0.05, 0) is 37.3 Å². The summed E-state index contributed by atoms with van der Waals surface area (Å²) in [7, 11) is 1.60. The van der Waals surface area contributed by atoms with Crippen LogP contribution in [-0.4, -0.2) is 18.8 Å². The van der Waals surface area contributed by atoms with Gasteiger partial charge in [0.15, 0.2) is 0 Å². The van der Waals surface area contributed by atoms with Crippen LogP contribution in [0.3, 0.4) is 0 Å². The molecule has 3 unspecified atom stereocenters. The Morgan fingerprint density at radius 2 is 2.30 bits per heavy atom. The van der Waals surface area contributed by atoms with Crippen molar-refractivity contribution in [2.45, 2.75) is 38.7 Å². The van der Waals surface area contributed by atoms with Crippen molar-refractivity contribution in [2.24, 2.45) is 17.1 Å². The Balaban J connectivity index is 2.37. The minimum absolute atomic E-state index is 0.279. The van der Waals surface area contributed by atoms with E-state index in [4.69, 9.17) is 22.1 Å². The third-order valence-electron chi connectivity index (χ3n) is 4.82. The van der Waals surface area contributed by atoms with E-state index < -0.39 is 6.10 Å². The first-order valence-electron chi connectivity index (χ1n) is 7.28. The van der Waals surface area contributed by atoms with Crippen molar-refractivity contribution in [3.63, 3.8) is 0 Å². The molecule has 1 aromatic rings. The second-order valence-electron chi connectivity index (χ2n) is 5.84. The molecule has 112 valence electrons. The van der Waals surface area contributed by atoms with E-state index in [1.54, 1.807) is 13.2 Å². The summed E-state index contributed by atoms with van der Waals surface area (Å²) in [5, 5.41) is 11.5. The van der Waals surface area contributed by atoms with E-state index in [2.05, 4.69) is 6.92 Å². The van der Waals surface area contributed by atoms with Crippen LogP contribution in [0.25, 0.3) is 0 Å². The maximum absolute atomic E-state index is 10.9. The molecule has 0 saturated heterocycles. The highest BCUT2D eigenvalue weighted by Crippen LogP contribution is 2.52. The fraction of sp³-hybridized carbons (Fsp3) is 0.625. The van der Waals surface area contributed by atoms with Crippen LogP contribution < -0.4 is 10.5 Å². The quantitative estimate of drug-likeness (QED) is 0.874. The number of hydrogen-bond donors (Lipinski definition) is 2.